The van der Waals surface area contributed by atoms with Crippen LogP contribution in [-0.4, -0.2) is 0 Å². The number of halogens is 1. The summed E-state index contributed by atoms with van der Waals surface area (Å²) in [5.74, 6) is 6.50. The van der Waals surface area contributed by atoms with Gasteiger partial charge in [-0.25, -0.2) is 5.43 Å². The Labute approximate surface area is 128 Å². The van der Waals surface area contributed by atoms with E-state index in [0.717, 1.165) is 28.7 Å². The first-order chi connectivity index (χ1) is 10.2. The van der Waals surface area contributed by atoms with Crippen molar-refractivity contribution in [3.63, 3.8) is 0 Å². The fourth-order valence-corrected chi connectivity index (χ4v) is 2.65. The van der Waals surface area contributed by atoms with Gasteiger partial charge in [-0.05, 0) is 41.8 Å². The topological polar surface area (TPSA) is 51.2 Å². The van der Waals surface area contributed by atoms with Gasteiger partial charge in [0.15, 0.2) is 0 Å². The zero-order valence-corrected chi connectivity index (χ0v) is 12.5. The first kappa shape index (κ1) is 14.1. The molecule has 0 radical (unpaired) electrons. The van der Waals surface area contributed by atoms with Crippen LogP contribution < -0.4 is 11.3 Å². The summed E-state index contributed by atoms with van der Waals surface area (Å²) in [7, 11) is 0. The Hall–Kier alpha value is -1.81. The van der Waals surface area contributed by atoms with E-state index in [1.54, 1.807) is 0 Å². The molecule has 0 aliphatic heterocycles. The molecule has 1 unspecified atom stereocenters. The Morgan fingerprint density at radius 3 is 2.57 bits per heavy atom. The molecule has 0 bridgehead atoms. The number of nitrogens with two attached hydrogens (primary N) is 1. The SMILES string of the molecule is CCc1ccc(C(NN)c2cc3cc(Cl)ccc3o2)cc1. The molecule has 1 heterocycles. The molecule has 3 aromatic rings. The van der Waals surface area contributed by atoms with Crippen LogP contribution in [0.2, 0.25) is 5.02 Å². The summed E-state index contributed by atoms with van der Waals surface area (Å²) in [5, 5.41) is 1.67. The van der Waals surface area contributed by atoms with E-state index in [1.807, 2.05) is 24.3 Å². The van der Waals surface area contributed by atoms with Gasteiger partial charge in [-0.15, -0.1) is 0 Å². The van der Waals surface area contributed by atoms with Gasteiger partial charge in [0.25, 0.3) is 0 Å². The number of furan rings is 1. The molecule has 21 heavy (non-hydrogen) atoms. The number of hydrogen-bond donors (Lipinski definition) is 2. The maximum Gasteiger partial charge on any atom is 0.134 e. The van der Waals surface area contributed by atoms with Gasteiger partial charge < -0.3 is 4.42 Å². The van der Waals surface area contributed by atoms with Crippen molar-refractivity contribution in [3.05, 3.63) is 70.4 Å². The molecular formula is C17H17ClN2O. The van der Waals surface area contributed by atoms with Crippen molar-refractivity contribution >= 4 is 22.6 Å². The van der Waals surface area contributed by atoms with E-state index >= 15 is 0 Å². The lowest BCUT2D eigenvalue weighted by Crippen LogP contribution is -2.28. The molecule has 1 aromatic heterocycles. The highest BCUT2D eigenvalue weighted by molar-refractivity contribution is 6.31. The molecule has 3 N–H and O–H groups in total. The quantitative estimate of drug-likeness (QED) is 0.561. The minimum Gasteiger partial charge on any atom is -0.459 e. The van der Waals surface area contributed by atoms with Crippen LogP contribution in [0.25, 0.3) is 11.0 Å². The predicted molar refractivity (Wildman–Crippen MR) is 86.2 cm³/mol. The summed E-state index contributed by atoms with van der Waals surface area (Å²) in [6.45, 7) is 2.14. The minimum atomic E-state index is -0.179. The molecule has 0 saturated heterocycles. The van der Waals surface area contributed by atoms with E-state index < -0.39 is 0 Å². The number of aryl methyl sites for hydroxylation is 1. The second-order valence-corrected chi connectivity index (χ2v) is 5.46. The van der Waals surface area contributed by atoms with Crippen molar-refractivity contribution in [3.8, 4) is 0 Å². The molecule has 0 saturated carbocycles. The van der Waals surface area contributed by atoms with E-state index in [4.69, 9.17) is 21.9 Å². The third-order valence-corrected chi connectivity index (χ3v) is 3.90. The van der Waals surface area contributed by atoms with Crippen LogP contribution in [0.5, 0.6) is 0 Å². The standard InChI is InChI=1S/C17H17ClN2O/c1-2-11-3-5-12(6-4-11)17(20-19)16-10-13-9-14(18)7-8-15(13)21-16/h3-10,17,20H,2,19H2,1H3. The molecule has 0 fully saturated rings. The van der Waals surface area contributed by atoms with Gasteiger partial charge in [0.2, 0.25) is 0 Å². The summed E-state index contributed by atoms with van der Waals surface area (Å²) in [6.07, 6.45) is 1.02. The van der Waals surface area contributed by atoms with Crippen molar-refractivity contribution in [2.45, 2.75) is 19.4 Å². The van der Waals surface area contributed by atoms with E-state index in [2.05, 4.69) is 36.6 Å². The summed E-state index contributed by atoms with van der Waals surface area (Å²) in [6, 6.07) is 15.7. The maximum atomic E-state index is 6.01. The summed E-state index contributed by atoms with van der Waals surface area (Å²) < 4.78 is 5.89. The van der Waals surface area contributed by atoms with Crippen LogP contribution in [0.4, 0.5) is 0 Å². The van der Waals surface area contributed by atoms with Crippen molar-refractivity contribution in [2.75, 3.05) is 0 Å². The number of nitrogens with one attached hydrogen (secondary N) is 1. The predicted octanol–water partition coefficient (Wildman–Crippen LogP) is 4.20. The Kier molecular flexibility index (Phi) is 3.97. The van der Waals surface area contributed by atoms with E-state index in [9.17, 15) is 0 Å². The summed E-state index contributed by atoms with van der Waals surface area (Å²) in [5.41, 5.74) is 5.99. The Morgan fingerprint density at radius 2 is 1.90 bits per heavy atom. The van der Waals surface area contributed by atoms with E-state index in [0.29, 0.717) is 5.02 Å². The molecule has 108 valence electrons. The lowest BCUT2D eigenvalue weighted by Gasteiger charge is -2.14. The van der Waals surface area contributed by atoms with Crippen LogP contribution in [0.3, 0.4) is 0 Å². The summed E-state index contributed by atoms with van der Waals surface area (Å²) >= 11 is 6.01. The van der Waals surface area contributed by atoms with Gasteiger partial charge in [-0.1, -0.05) is 42.8 Å². The molecule has 3 nitrogen and oxygen atoms in total. The highest BCUT2D eigenvalue weighted by Gasteiger charge is 2.17. The maximum absolute atomic E-state index is 6.01. The van der Waals surface area contributed by atoms with Crippen molar-refractivity contribution < 1.29 is 4.42 Å². The largest absolute Gasteiger partial charge is 0.459 e. The number of fused-ring (bicyclic) bond motifs is 1. The van der Waals surface area contributed by atoms with Gasteiger partial charge in [0.1, 0.15) is 17.4 Å². The molecule has 0 spiro atoms. The first-order valence-corrected chi connectivity index (χ1v) is 7.33. The van der Waals surface area contributed by atoms with Gasteiger partial charge in [-0.2, -0.15) is 0 Å². The van der Waals surface area contributed by atoms with Crippen LogP contribution >= 0.6 is 11.6 Å². The summed E-state index contributed by atoms with van der Waals surface area (Å²) in [4.78, 5) is 0. The fraction of sp³-hybridized carbons (Fsp3) is 0.176. The van der Waals surface area contributed by atoms with E-state index in [-0.39, 0.29) is 6.04 Å². The zero-order valence-electron chi connectivity index (χ0n) is 11.8. The molecule has 0 aliphatic rings. The highest BCUT2D eigenvalue weighted by Crippen LogP contribution is 2.29. The lowest BCUT2D eigenvalue weighted by molar-refractivity contribution is 0.477. The van der Waals surface area contributed by atoms with Crippen molar-refractivity contribution in [1.29, 1.82) is 0 Å². The fourth-order valence-electron chi connectivity index (χ4n) is 2.47. The third-order valence-electron chi connectivity index (χ3n) is 3.67. The third kappa shape index (κ3) is 2.81. The highest BCUT2D eigenvalue weighted by atomic mass is 35.5. The minimum absolute atomic E-state index is 0.179. The lowest BCUT2D eigenvalue weighted by atomic mass is 10.0. The van der Waals surface area contributed by atoms with E-state index in [1.165, 1.54) is 5.56 Å². The van der Waals surface area contributed by atoms with Crippen LogP contribution in [0, 0.1) is 0 Å². The van der Waals surface area contributed by atoms with Gasteiger partial charge in [0, 0.05) is 10.4 Å². The van der Waals surface area contributed by atoms with Gasteiger partial charge in [0.05, 0.1) is 0 Å². The van der Waals surface area contributed by atoms with Gasteiger partial charge in [-0.3, -0.25) is 5.84 Å². The Balaban J connectivity index is 2.00. The molecular weight excluding hydrogens is 284 g/mol. The normalized spacial score (nSPS) is 12.7. The second kappa shape index (κ2) is 5.90. The number of hydrazine groups is 1. The Morgan fingerprint density at radius 1 is 1.14 bits per heavy atom. The van der Waals surface area contributed by atoms with Crippen LogP contribution in [0.15, 0.2) is 52.9 Å². The monoisotopic (exact) mass is 300 g/mol. The smallest absolute Gasteiger partial charge is 0.134 e. The van der Waals surface area contributed by atoms with Crippen molar-refractivity contribution in [2.24, 2.45) is 5.84 Å². The van der Waals surface area contributed by atoms with Gasteiger partial charge >= 0.3 is 0 Å². The first-order valence-electron chi connectivity index (χ1n) is 6.95. The Bertz CT molecular complexity index is 749. The average Bonchev–Trinajstić information content (AvgIpc) is 2.91. The second-order valence-electron chi connectivity index (χ2n) is 5.03. The zero-order chi connectivity index (χ0) is 14.8. The average molecular weight is 301 g/mol. The molecule has 0 amide bonds. The molecule has 2 aromatic carbocycles. The van der Waals surface area contributed by atoms with Crippen molar-refractivity contribution in [1.82, 2.24) is 5.43 Å². The number of hydrogen-bond acceptors (Lipinski definition) is 3. The molecule has 0 aliphatic carbocycles. The molecule has 3 rings (SSSR count). The number of rotatable bonds is 4. The molecule has 4 heteroatoms. The number of benzene rings is 2. The van der Waals surface area contributed by atoms with Crippen LogP contribution in [0.1, 0.15) is 29.9 Å². The van der Waals surface area contributed by atoms with Crippen LogP contribution in [-0.2, 0) is 6.42 Å². The molecule has 1 atom stereocenters.